The summed E-state index contributed by atoms with van der Waals surface area (Å²) in [7, 11) is 0. The first-order valence-corrected chi connectivity index (χ1v) is 10.7. The summed E-state index contributed by atoms with van der Waals surface area (Å²) >= 11 is 12.4. The number of hydrogen-bond donors (Lipinski definition) is 1. The third kappa shape index (κ3) is 5.08. The van der Waals surface area contributed by atoms with Gasteiger partial charge in [0, 0.05) is 23.2 Å². The summed E-state index contributed by atoms with van der Waals surface area (Å²) in [6.07, 6.45) is 2.68. The van der Waals surface area contributed by atoms with Crippen molar-refractivity contribution in [3.63, 3.8) is 0 Å². The van der Waals surface area contributed by atoms with Crippen molar-refractivity contribution in [1.29, 1.82) is 0 Å². The molecular formula is C23H29Cl2NO2. The average Bonchev–Trinajstić information content (AvgIpc) is 2.71. The van der Waals surface area contributed by atoms with E-state index in [0.29, 0.717) is 22.2 Å². The zero-order valence-electron chi connectivity index (χ0n) is 16.8. The number of carbonyl (C=O) groups is 1. The Kier molecular flexibility index (Phi) is 8.81. The van der Waals surface area contributed by atoms with Crippen LogP contribution < -0.4 is 0 Å². The highest BCUT2D eigenvalue weighted by Crippen LogP contribution is 2.33. The molecule has 0 bridgehead atoms. The van der Waals surface area contributed by atoms with E-state index in [2.05, 4.69) is 19.1 Å². The summed E-state index contributed by atoms with van der Waals surface area (Å²) in [5.41, 5.74) is 4.50. The van der Waals surface area contributed by atoms with Gasteiger partial charge in [0.25, 0.3) is 0 Å². The standard InChI is InChI=1S/C21H23Cl2NO2.C2H6/c1-14-16-7-2-5-15(6-4-12-25)17(16)10-11-24(14)21(26)13-18-19(22)8-3-9-20(18)23;1-2/h2-3,5,7-9,14,25H,4,6,10-13H2,1H3;1-2H3. The highest BCUT2D eigenvalue weighted by molar-refractivity contribution is 6.36. The SMILES string of the molecule is CC.CC1c2cccc(CCCO)c2CCN1C(=O)Cc1c(Cl)cccc1Cl. The minimum atomic E-state index is 0.0154. The zero-order chi connectivity index (χ0) is 20.7. The summed E-state index contributed by atoms with van der Waals surface area (Å²) in [6.45, 7) is 6.95. The summed E-state index contributed by atoms with van der Waals surface area (Å²) in [6, 6.07) is 11.6. The van der Waals surface area contributed by atoms with Crippen LogP contribution in [-0.2, 0) is 24.1 Å². The van der Waals surface area contributed by atoms with Gasteiger partial charge in [-0.2, -0.15) is 0 Å². The molecule has 0 aliphatic carbocycles. The molecule has 0 aromatic heterocycles. The second-order valence-electron chi connectivity index (χ2n) is 6.70. The number of carbonyl (C=O) groups excluding carboxylic acids is 1. The molecule has 0 spiro atoms. The van der Waals surface area contributed by atoms with Gasteiger partial charge in [0.05, 0.1) is 12.5 Å². The first-order chi connectivity index (χ1) is 13.5. The molecule has 152 valence electrons. The molecular weight excluding hydrogens is 393 g/mol. The number of aryl methyl sites for hydroxylation is 1. The Bertz CT molecular complexity index is 787. The molecule has 1 N–H and O–H groups in total. The lowest BCUT2D eigenvalue weighted by Gasteiger charge is -2.36. The van der Waals surface area contributed by atoms with Crippen molar-refractivity contribution in [3.8, 4) is 0 Å². The predicted molar refractivity (Wildman–Crippen MR) is 117 cm³/mol. The van der Waals surface area contributed by atoms with Crippen molar-refractivity contribution < 1.29 is 9.90 Å². The van der Waals surface area contributed by atoms with Crippen LogP contribution in [0.2, 0.25) is 10.0 Å². The van der Waals surface area contributed by atoms with Crippen LogP contribution in [0.4, 0.5) is 0 Å². The fraction of sp³-hybridized carbons (Fsp3) is 0.435. The highest BCUT2D eigenvalue weighted by Gasteiger charge is 2.29. The van der Waals surface area contributed by atoms with Crippen molar-refractivity contribution in [2.45, 2.75) is 52.5 Å². The monoisotopic (exact) mass is 421 g/mol. The van der Waals surface area contributed by atoms with Crippen LogP contribution in [-0.4, -0.2) is 29.1 Å². The molecule has 1 aliphatic rings. The molecule has 2 aromatic rings. The van der Waals surface area contributed by atoms with Gasteiger partial charge >= 0.3 is 0 Å². The van der Waals surface area contributed by atoms with Gasteiger partial charge in [0.15, 0.2) is 0 Å². The third-order valence-corrected chi connectivity index (χ3v) is 5.85. The van der Waals surface area contributed by atoms with Gasteiger partial charge in [-0.15, -0.1) is 0 Å². The maximum absolute atomic E-state index is 12.9. The van der Waals surface area contributed by atoms with Gasteiger partial charge in [-0.05, 0) is 60.6 Å². The average molecular weight is 422 g/mol. The summed E-state index contributed by atoms with van der Waals surface area (Å²) in [5, 5.41) is 10.2. The number of aliphatic hydroxyl groups excluding tert-OH is 1. The molecule has 5 heteroatoms. The number of benzene rings is 2. The van der Waals surface area contributed by atoms with E-state index >= 15 is 0 Å². The van der Waals surface area contributed by atoms with E-state index in [1.54, 1.807) is 18.2 Å². The lowest BCUT2D eigenvalue weighted by atomic mass is 9.88. The van der Waals surface area contributed by atoms with Crippen molar-refractivity contribution >= 4 is 29.1 Å². The quantitative estimate of drug-likeness (QED) is 0.678. The molecule has 1 unspecified atom stereocenters. The summed E-state index contributed by atoms with van der Waals surface area (Å²) in [4.78, 5) is 14.8. The predicted octanol–water partition coefficient (Wildman–Crippen LogP) is 5.63. The van der Waals surface area contributed by atoms with Crippen LogP contribution in [0, 0.1) is 0 Å². The maximum atomic E-state index is 12.9. The molecule has 0 saturated heterocycles. The number of rotatable bonds is 5. The third-order valence-electron chi connectivity index (χ3n) is 5.14. The van der Waals surface area contributed by atoms with E-state index in [4.69, 9.17) is 28.3 Å². The van der Waals surface area contributed by atoms with Gasteiger partial charge in [-0.1, -0.05) is 61.3 Å². The van der Waals surface area contributed by atoms with Gasteiger partial charge in [0.1, 0.15) is 0 Å². The first kappa shape index (κ1) is 22.7. The Labute approximate surface area is 178 Å². The minimum absolute atomic E-state index is 0.0154. The Morgan fingerprint density at radius 1 is 1.14 bits per heavy atom. The topological polar surface area (TPSA) is 40.5 Å². The number of amides is 1. The number of hydrogen-bond acceptors (Lipinski definition) is 2. The molecule has 3 rings (SSSR count). The largest absolute Gasteiger partial charge is 0.396 e. The fourth-order valence-corrected chi connectivity index (χ4v) is 4.27. The van der Waals surface area contributed by atoms with Crippen molar-refractivity contribution in [3.05, 3.63) is 68.7 Å². The highest BCUT2D eigenvalue weighted by atomic mass is 35.5. The van der Waals surface area contributed by atoms with Crippen LogP contribution in [0.15, 0.2) is 36.4 Å². The van der Waals surface area contributed by atoms with Crippen LogP contribution in [0.1, 0.15) is 55.5 Å². The number of nitrogens with zero attached hydrogens (tertiary/aromatic N) is 1. The number of fused-ring (bicyclic) bond motifs is 1. The maximum Gasteiger partial charge on any atom is 0.227 e. The second-order valence-corrected chi connectivity index (χ2v) is 7.52. The molecule has 28 heavy (non-hydrogen) atoms. The fourth-order valence-electron chi connectivity index (χ4n) is 3.74. The van der Waals surface area contributed by atoms with Gasteiger partial charge in [-0.25, -0.2) is 0 Å². The van der Waals surface area contributed by atoms with E-state index in [0.717, 1.165) is 19.3 Å². The first-order valence-electron chi connectivity index (χ1n) is 9.96. The van der Waals surface area contributed by atoms with Gasteiger partial charge < -0.3 is 10.0 Å². The Morgan fingerprint density at radius 3 is 2.43 bits per heavy atom. The molecule has 2 aromatic carbocycles. The Balaban J connectivity index is 0.00000136. The lowest BCUT2D eigenvalue weighted by Crippen LogP contribution is -2.40. The van der Waals surface area contributed by atoms with Crippen LogP contribution in [0.3, 0.4) is 0 Å². The molecule has 0 saturated carbocycles. The molecule has 3 nitrogen and oxygen atoms in total. The number of halogens is 2. The minimum Gasteiger partial charge on any atom is -0.396 e. The Morgan fingerprint density at radius 2 is 1.79 bits per heavy atom. The summed E-state index contributed by atoms with van der Waals surface area (Å²) < 4.78 is 0. The van der Waals surface area contributed by atoms with Gasteiger partial charge in [-0.3, -0.25) is 4.79 Å². The Hall–Kier alpha value is -1.55. The smallest absolute Gasteiger partial charge is 0.227 e. The molecule has 0 radical (unpaired) electrons. The molecule has 0 fully saturated rings. The van der Waals surface area contributed by atoms with E-state index in [-0.39, 0.29) is 25.0 Å². The van der Waals surface area contributed by atoms with Crippen LogP contribution in [0.25, 0.3) is 0 Å². The molecule has 1 aliphatic heterocycles. The lowest BCUT2D eigenvalue weighted by molar-refractivity contribution is -0.133. The van der Waals surface area contributed by atoms with Crippen molar-refractivity contribution in [1.82, 2.24) is 4.90 Å². The molecule has 1 heterocycles. The zero-order valence-corrected chi connectivity index (χ0v) is 18.4. The number of aliphatic hydroxyl groups is 1. The van der Waals surface area contributed by atoms with E-state index < -0.39 is 0 Å². The van der Waals surface area contributed by atoms with E-state index in [1.165, 1.54) is 16.7 Å². The van der Waals surface area contributed by atoms with Gasteiger partial charge in [0.2, 0.25) is 5.91 Å². The summed E-state index contributed by atoms with van der Waals surface area (Å²) in [5.74, 6) is 0.0407. The van der Waals surface area contributed by atoms with Crippen LogP contribution in [0.5, 0.6) is 0 Å². The molecule has 1 amide bonds. The second kappa shape index (κ2) is 10.8. The molecule has 1 atom stereocenters. The van der Waals surface area contributed by atoms with Crippen molar-refractivity contribution in [2.24, 2.45) is 0 Å². The van der Waals surface area contributed by atoms with E-state index in [1.807, 2.05) is 24.8 Å². The normalized spacial score (nSPS) is 15.5. The van der Waals surface area contributed by atoms with E-state index in [9.17, 15) is 4.79 Å². The van der Waals surface area contributed by atoms with Crippen molar-refractivity contribution in [2.75, 3.05) is 13.2 Å². The van der Waals surface area contributed by atoms with Crippen LogP contribution >= 0.6 is 23.2 Å².